The van der Waals surface area contributed by atoms with Gasteiger partial charge < -0.3 is 14.8 Å². The fourth-order valence-electron chi connectivity index (χ4n) is 4.44. The molecule has 172 valence electrons. The highest BCUT2D eigenvalue weighted by atomic mass is 16.5. The molecule has 2 atom stereocenters. The Morgan fingerprint density at radius 1 is 0.514 bits per heavy atom. The Kier molecular flexibility index (Phi) is 5.73. The Labute approximate surface area is 204 Å². The standard InChI is InChI=1S/C30H25N3O2/c1-3-11-21(12-4-1)27-19-34-29(32-27)23-15-7-9-17-25(23)31-26-18-10-8-16-24(26)30-33-28(20-35-30)22-13-5-2-6-14-22/h1-18,27-28,31H,19-20H2/t27-,28-/m1/s1. The van der Waals surface area contributed by atoms with E-state index in [1.165, 1.54) is 0 Å². The summed E-state index contributed by atoms with van der Waals surface area (Å²) in [6.07, 6.45) is 0. The number of hydrogen-bond donors (Lipinski definition) is 1. The number of para-hydroxylation sites is 2. The second-order valence-electron chi connectivity index (χ2n) is 8.56. The molecule has 2 heterocycles. The minimum absolute atomic E-state index is 0.00251. The number of benzene rings is 4. The topological polar surface area (TPSA) is 55.2 Å². The van der Waals surface area contributed by atoms with Crippen LogP contribution in [0.2, 0.25) is 0 Å². The van der Waals surface area contributed by atoms with Crippen LogP contribution in [0.15, 0.2) is 119 Å². The lowest BCUT2D eigenvalue weighted by molar-refractivity contribution is 0.320. The minimum Gasteiger partial charge on any atom is -0.475 e. The molecule has 6 rings (SSSR count). The smallest absolute Gasteiger partial charge is 0.219 e. The summed E-state index contributed by atoms with van der Waals surface area (Å²) in [7, 11) is 0. The average Bonchev–Trinajstić information content (AvgIpc) is 3.61. The first-order chi connectivity index (χ1) is 17.3. The van der Waals surface area contributed by atoms with Crippen molar-refractivity contribution >= 4 is 23.2 Å². The first-order valence-corrected chi connectivity index (χ1v) is 11.8. The number of nitrogens with zero attached hydrogens (tertiary/aromatic N) is 2. The molecule has 5 heteroatoms. The number of rotatable bonds is 6. The van der Waals surface area contributed by atoms with Crippen LogP contribution in [0.3, 0.4) is 0 Å². The Morgan fingerprint density at radius 3 is 1.37 bits per heavy atom. The molecular weight excluding hydrogens is 434 g/mol. The van der Waals surface area contributed by atoms with Crippen LogP contribution in [0.5, 0.6) is 0 Å². The van der Waals surface area contributed by atoms with Gasteiger partial charge in [-0.2, -0.15) is 0 Å². The van der Waals surface area contributed by atoms with Gasteiger partial charge in [-0.25, -0.2) is 9.98 Å². The van der Waals surface area contributed by atoms with Gasteiger partial charge in [-0.05, 0) is 35.4 Å². The van der Waals surface area contributed by atoms with E-state index in [-0.39, 0.29) is 12.1 Å². The second-order valence-corrected chi connectivity index (χ2v) is 8.56. The summed E-state index contributed by atoms with van der Waals surface area (Å²) >= 11 is 0. The number of ether oxygens (including phenoxy) is 2. The molecule has 0 aromatic heterocycles. The van der Waals surface area contributed by atoms with Crippen LogP contribution in [0.4, 0.5) is 11.4 Å². The molecule has 35 heavy (non-hydrogen) atoms. The molecule has 0 fully saturated rings. The molecule has 4 aromatic carbocycles. The molecule has 0 aliphatic carbocycles. The SMILES string of the molecule is c1ccc([C@H]2COC(c3ccccc3Nc3ccccc3C3=N[C@@H](c4ccccc4)CO3)=N2)cc1. The summed E-state index contributed by atoms with van der Waals surface area (Å²) in [4.78, 5) is 9.76. The lowest BCUT2D eigenvalue weighted by atomic mass is 10.1. The molecular formula is C30H25N3O2. The van der Waals surface area contributed by atoms with Gasteiger partial charge in [0.15, 0.2) is 0 Å². The molecule has 0 bridgehead atoms. The van der Waals surface area contributed by atoms with Gasteiger partial charge in [0, 0.05) is 0 Å². The molecule has 5 nitrogen and oxygen atoms in total. The number of hydrogen-bond acceptors (Lipinski definition) is 5. The molecule has 0 amide bonds. The summed E-state index contributed by atoms with van der Waals surface area (Å²) in [5, 5.41) is 3.58. The van der Waals surface area contributed by atoms with Crippen LogP contribution >= 0.6 is 0 Å². The van der Waals surface area contributed by atoms with Crippen molar-refractivity contribution in [2.45, 2.75) is 12.1 Å². The predicted octanol–water partition coefficient (Wildman–Crippen LogP) is 6.47. The maximum atomic E-state index is 6.04. The van der Waals surface area contributed by atoms with E-state index in [4.69, 9.17) is 19.5 Å². The number of aliphatic imine (C=N–C) groups is 2. The Morgan fingerprint density at radius 2 is 0.914 bits per heavy atom. The highest BCUT2D eigenvalue weighted by Crippen LogP contribution is 2.32. The third-order valence-electron chi connectivity index (χ3n) is 6.26. The quantitative estimate of drug-likeness (QED) is 0.360. The van der Waals surface area contributed by atoms with E-state index in [1.807, 2.05) is 84.9 Å². The first kappa shape index (κ1) is 21.2. The second kappa shape index (κ2) is 9.47. The minimum atomic E-state index is 0.00251. The molecule has 2 aliphatic rings. The molecule has 0 saturated heterocycles. The third-order valence-corrected chi connectivity index (χ3v) is 6.26. The van der Waals surface area contributed by atoms with Crippen molar-refractivity contribution < 1.29 is 9.47 Å². The van der Waals surface area contributed by atoms with Crippen molar-refractivity contribution in [2.24, 2.45) is 9.98 Å². The van der Waals surface area contributed by atoms with Gasteiger partial charge in [-0.15, -0.1) is 0 Å². The van der Waals surface area contributed by atoms with Gasteiger partial charge in [0.2, 0.25) is 11.8 Å². The highest BCUT2D eigenvalue weighted by molar-refractivity contribution is 6.04. The van der Waals surface area contributed by atoms with E-state index in [0.29, 0.717) is 25.0 Å². The Hall–Kier alpha value is -4.38. The third kappa shape index (κ3) is 4.41. The highest BCUT2D eigenvalue weighted by Gasteiger charge is 2.25. The van der Waals surface area contributed by atoms with E-state index >= 15 is 0 Å². The summed E-state index contributed by atoms with van der Waals surface area (Å²) < 4.78 is 12.1. The molecule has 0 saturated carbocycles. The first-order valence-electron chi connectivity index (χ1n) is 11.8. The lowest BCUT2D eigenvalue weighted by Gasteiger charge is -2.15. The maximum Gasteiger partial charge on any atom is 0.219 e. The van der Waals surface area contributed by atoms with Gasteiger partial charge in [0.05, 0.1) is 22.5 Å². The van der Waals surface area contributed by atoms with Crippen molar-refractivity contribution in [2.75, 3.05) is 18.5 Å². The summed E-state index contributed by atoms with van der Waals surface area (Å²) in [5.41, 5.74) is 6.01. The van der Waals surface area contributed by atoms with E-state index in [0.717, 1.165) is 33.6 Å². The predicted molar refractivity (Wildman–Crippen MR) is 140 cm³/mol. The van der Waals surface area contributed by atoms with Crippen molar-refractivity contribution in [1.29, 1.82) is 0 Å². The fourth-order valence-corrected chi connectivity index (χ4v) is 4.44. The summed E-state index contributed by atoms with van der Waals surface area (Å²) in [5.74, 6) is 1.30. The van der Waals surface area contributed by atoms with Gasteiger partial charge in [0.25, 0.3) is 0 Å². The molecule has 4 aromatic rings. The number of nitrogens with one attached hydrogen (secondary N) is 1. The normalized spacial score (nSPS) is 18.9. The van der Waals surface area contributed by atoms with Crippen LogP contribution in [-0.2, 0) is 9.47 Å². The average molecular weight is 460 g/mol. The van der Waals surface area contributed by atoms with E-state index in [1.54, 1.807) is 0 Å². The van der Waals surface area contributed by atoms with Crippen molar-refractivity contribution in [1.82, 2.24) is 0 Å². The maximum absolute atomic E-state index is 6.04. The van der Waals surface area contributed by atoms with E-state index in [9.17, 15) is 0 Å². The molecule has 0 radical (unpaired) electrons. The molecule has 0 unspecified atom stereocenters. The van der Waals surface area contributed by atoms with Crippen LogP contribution in [-0.4, -0.2) is 25.0 Å². The largest absolute Gasteiger partial charge is 0.475 e. The zero-order valence-corrected chi connectivity index (χ0v) is 19.2. The van der Waals surface area contributed by atoms with Crippen LogP contribution in [0.25, 0.3) is 0 Å². The van der Waals surface area contributed by atoms with Gasteiger partial charge in [0.1, 0.15) is 25.3 Å². The van der Waals surface area contributed by atoms with Gasteiger partial charge in [-0.1, -0.05) is 84.9 Å². The lowest BCUT2D eigenvalue weighted by Crippen LogP contribution is -2.08. The Balaban J connectivity index is 1.29. The van der Waals surface area contributed by atoms with Gasteiger partial charge in [-0.3, -0.25) is 0 Å². The Bertz CT molecular complexity index is 1280. The van der Waals surface area contributed by atoms with E-state index in [2.05, 4.69) is 29.6 Å². The van der Waals surface area contributed by atoms with Crippen LogP contribution in [0.1, 0.15) is 34.3 Å². The zero-order chi connectivity index (χ0) is 23.5. The van der Waals surface area contributed by atoms with Crippen LogP contribution in [0, 0.1) is 0 Å². The summed E-state index contributed by atoms with van der Waals surface area (Å²) in [6, 6.07) is 36.7. The molecule has 2 aliphatic heterocycles. The van der Waals surface area contributed by atoms with Crippen molar-refractivity contribution in [3.8, 4) is 0 Å². The van der Waals surface area contributed by atoms with Crippen LogP contribution < -0.4 is 5.32 Å². The summed E-state index contributed by atoms with van der Waals surface area (Å²) in [6.45, 7) is 1.07. The van der Waals surface area contributed by atoms with Crippen molar-refractivity contribution in [3.05, 3.63) is 131 Å². The number of anilines is 2. The van der Waals surface area contributed by atoms with Gasteiger partial charge >= 0.3 is 0 Å². The fraction of sp³-hybridized carbons (Fsp3) is 0.133. The molecule has 0 spiro atoms. The zero-order valence-electron chi connectivity index (χ0n) is 19.2. The monoisotopic (exact) mass is 459 g/mol. The van der Waals surface area contributed by atoms with E-state index < -0.39 is 0 Å². The molecule has 1 N–H and O–H groups in total. The van der Waals surface area contributed by atoms with Crippen molar-refractivity contribution in [3.63, 3.8) is 0 Å².